The molecule has 4 aromatic rings. The van der Waals surface area contributed by atoms with E-state index >= 15 is 0 Å². The van der Waals surface area contributed by atoms with Crippen LogP contribution in [0, 0.1) is 13.8 Å². The zero-order valence-corrected chi connectivity index (χ0v) is 19.7. The topological polar surface area (TPSA) is 37.4 Å². The van der Waals surface area contributed by atoms with Gasteiger partial charge in [0, 0.05) is 17.1 Å². The highest BCUT2D eigenvalue weighted by atomic mass is 16.2. The zero-order chi connectivity index (χ0) is 24.3. The Morgan fingerprint density at radius 1 is 0.618 bits per heavy atom. The van der Waals surface area contributed by atoms with Crippen molar-refractivity contribution in [2.24, 2.45) is 0 Å². The lowest BCUT2D eigenvalue weighted by atomic mass is 10.0. The van der Waals surface area contributed by atoms with E-state index in [4.69, 9.17) is 9.59 Å². The molecule has 4 rings (SSSR count). The Balaban J connectivity index is 0.00000103. The van der Waals surface area contributed by atoms with E-state index in [0.29, 0.717) is 0 Å². The van der Waals surface area contributed by atoms with Crippen molar-refractivity contribution < 1.29 is 9.59 Å². The minimum Gasteiger partial charge on any atom is -0.311 e. The minimum absolute atomic E-state index is 0.250. The van der Waals surface area contributed by atoms with Crippen LogP contribution in [0.5, 0.6) is 0 Å². The Bertz CT molecular complexity index is 1170. The van der Waals surface area contributed by atoms with Gasteiger partial charge in [0.25, 0.3) is 0 Å². The average molecular weight is 448 g/mol. The minimum atomic E-state index is 0.250. The molecule has 0 bridgehead atoms. The van der Waals surface area contributed by atoms with Gasteiger partial charge < -0.3 is 4.90 Å². The standard InChI is InChI=1S/C30H29N.CO2/c1-4-25-9-11-26(12-10-25)13-14-27-15-21-30(22-16-27)31(28-17-5-23(2)6-18-28)29-19-7-24(3)8-20-29;2-1-3/h4-12,15-22H,1,13-14H2,2-3H3;. The molecule has 0 unspecified atom stereocenters. The van der Waals surface area contributed by atoms with Crippen LogP contribution >= 0.6 is 0 Å². The molecule has 0 amide bonds. The van der Waals surface area contributed by atoms with Crippen molar-refractivity contribution in [3.05, 3.63) is 131 Å². The summed E-state index contributed by atoms with van der Waals surface area (Å²) in [7, 11) is 0. The zero-order valence-electron chi connectivity index (χ0n) is 19.7. The van der Waals surface area contributed by atoms with E-state index in [9.17, 15) is 0 Å². The van der Waals surface area contributed by atoms with Crippen molar-refractivity contribution in [3.63, 3.8) is 0 Å². The summed E-state index contributed by atoms with van der Waals surface area (Å²) < 4.78 is 0. The molecule has 3 heteroatoms. The molecule has 34 heavy (non-hydrogen) atoms. The predicted molar refractivity (Wildman–Crippen MR) is 140 cm³/mol. The monoisotopic (exact) mass is 447 g/mol. The summed E-state index contributed by atoms with van der Waals surface area (Å²) in [5, 5.41) is 0. The van der Waals surface area contributed by atoms with Crippen molar-refractivity contribution >= 4 is 29.3 Å². The van der Waals surface area contributed by atoms with E-state index in [-0.39, 0.29) is 6.15 Å². The van der Waals surface area contributed by atoms with Crippen molar-refractivity contribution in [1.82, 2.24) is 0 Å². The van der Waals surface area contributed by atoms with Gasteiger partial charge in [-0.25, -0.2) is 0 Å². The first kappa shape index (κ1) is 24.4. The molecule has 3 nitrogen and oxygen atoms in total. The lowest BCUT2D eigenvalue weighted by Crippen LogP contribution is -2.10. The number of nitrogens with zero attached hydrogens (tertiary/aromatic N) is 1. The van der Waals surface area contributed by atoms with E-state index in [0.717, 1.165) is 12.8 Å². The fourth-order valence-electron chi connectivity index (χ4n) is 3.76. The molecule has 0 spiro atoms. The third kappa shape index (κ3) is 6.65. The van der Waals surface area contributed by atoms with Crippen molar-refractivity contribution in [2.75, 3.05) is 4.90 Å². The fourth-order valence-corrected chi connectivity index (χ4v) is 3.76. The van der Waals surface area contributed by atoms with Crippen LogP contribution in [0.1, 0.15) is 27.8 Å². The van der Waals surface area contributed by atoms with Gasteiger partial charge in [-0.05, 0) is 79.8 Å². The Hall–Kier alpha value is -4.20. The van der Waals surface area contributed by atoms with Crippen LogP contribution in [0.3, 0.4) is 0 Å². The second-order valence-electron chi connectivity index (χ2n) is 8.20. The lowest BCUT2D eigenvalue weighted by molar-refractivity contribution is -0.191. The number of rotatable bonds is 7. The summed E-state index contributed by atoms with van der Waals surface area (Å²) in [6.07, 6.45) is 4.20. The molecule has 0 N–H and O–H groups in total. The average Bonchev–Trinajstić information content (AvgIpc) is 2.87. The second-order valence-corrected chi connectivity index (χ2v) is 8.20. The van der Waals surface area contributed by atoms with Crippen molar-refractivity contribution in [3.8, 4) is 0 Å². The number of hydrogen-bond acceptors (Lipinski definition) is 3. The van der Waals surface area contributed by atoms with Crippen LogP contribution in [0.2, 0.25) is 0 Å². The van der Waals surface area contributed by atoms with Crippen LogP contribution < -0.4 is 4.90 Å². The SMILES string of the molecule is C=Cc1ccc(CCc2ccc(N(c3ccc(C)cc3)c3ccc(C)cc3)cc2)cc1.O=C=O. The Kier molecular flexibility index (Phi) is 8.73. The maximum atomic E-state index is 8.12. The maximum absolute atomic E-state index is 8.12. The smallest absolute Gasteiger partial charge is 0.311 e. The molecule has 4 aromatic carbocycles. The summed E-state index contributed by atoms with van der Waals surface area (Å²) in [4.78, 5) is 18.6. The van der Waals surface area contributed by atoms with Crippen molar-refractivity contribution in [1.29, 1.82) is 0 Å². The van der Waals surface area contributed by atoms with E-state index < -0.39 is 0 Å². The molecule has 0 aliphatic carbocycles. The summed E-state index contributed by atoms with van der Waals surface area (Å²) >= 11 is 0. The number of aryl methyl sites for hydroxylation is 4. The number of carbonyl (C=O) groups excluding carboxylic acids is 2. The Labute approximate surface area is 202 Å². The Morgan fingerprint density at radius 3 is 1.29 bits per heavy atom. The highest BCUT2D eigenvalue weighted by Crippen LogP contribution is 2.34. The molecule has 0 aliphatic rings. The fraction of sp³-hybridized carbons (Fsp3) is 0.129. The van der Waals surface area contributed by atoms with Gasteiger partial charge in [0.2, 0.25) is 0 Å². The van der Waals surface area contributed by atoms with Crippen LogP contribution in [0.15, 0.2) is 104 Å². The molecule has 0 heterocycles. The first-order valence-electron chi connectivity index (χ1n) is 11.3. The molecule has 0 aromatic heterocycles. The van der Waals surface area contributed by atoms with E-state index in [2.05, 4.69) is 122 Å². The summed E-state index contributed by atoms with van der Waals surface area (Å²) in [6.45, 7) is 8.07. The van der Waals surface area contributed by atoms with E-state index in [1.165, 1.54) is 44.9 Å². The van der Waals surface area contributed by atoms with Gasteiger partial charge in [0.05, 0.1) is 0 Å². The van der Waals surface area contributed by atoms with Crippen LogP contribution in [0.4, 0.5) is 17.1 Å². The van der Waals surface area contributed by atoms with Gasteiger partial charge in [0.1, 0.15) is 0 Å². The van der Waals surface area contributed by atoms with Crippen LogP contribution in [-0.4, -0.2) is 6.15 Å². The maximum Gasteiger partial charge on any atom is 0.373 e. The Morgan fingerprint density at radius 2 is 0.941 bits per heavy atom. The second kappa shape index (κ2) is 12.2. The molecular weight excluding hydrogens is 418 g/mol. The van der Waals surface area contributed by atoms with Gasteiger partial charge >= 0.3 is 6.15 Å². The van der Waals surface area contributed by atoms with E-state index in [1.807, 2.05) is 6.08 Å². The highest BCUT2D eigenvalue weighted by Gasteiger charge is 2.12. The number of anilines is 3. The first-order valence-corrected chi connectivity index (χ1v) is 11.3. The molecule has 0 atom stereocenters. The number of benzene rings is 4. The molecule has 170 valence electrons. The van der Waals surface area contributed by atoms with Gasteiger partial charge in [-0.1, -0.05) is 84.4 Å². The third-order valence-corrected chi connectivity index (χ3v) is 5.70. The lowest BCUT2D eigenvalue weighted by Gasteiger charge is -2.26. The van der Waals surface area contributed by atoms with Crippen molar-refractivity contribution in [2.45, 2.75) is 26.7 Å². The third-order valence-electron chi connectivity index (χ3n) is 5.70. The first-order chi connectivity index (χ1) is 16.5. The predicted octanol–water partition coefficient (Wildman–Crippen LogP) is 7.62. The quantitative estimate of drug-likeness (QED) is 0.292. The van der Waals surface area contributed by atoms with Gasteiger partial charge in [-0.15, -0.1) is 0 Å². The summed E-state index contributed by atoms with van der Waals surface area (Å²) in [5.74, 6) is 0. The van der Waals surface area contributed by atoms with E-state index in [1.54, 1.807) is 0 Å². The van der Waals surface area contributed by atoms with Gasteiger partial charge in [0.15, 0.2) is 0 Å². The molecule has 0 saturated carbocycles. The van der Waals surface area contributed by atoms with Crippen LogP contribution in [-0.2, 0) is 22.4 Å². The summed E-state index contributed by atoms with van der Waals surface area (Å²) in [6, 6.07) is 35.1. The molecule has 0 aliphatic heterocycles. The van der Waals surface area contributed by atoms with Crippen LogP contribution in [0.25, 0.3) is 6.08 Å². The molecule has 0 saturated heterocycles. The van der Waals surface area contributed by atoms with Gasteiger partial charge in [-0.3, -0.25) is 0 Å². The highest BCUT2D eigenvalue weighted by molar-refractivity contribution is 5.76. The molecule has 0 radical (unpaired) electrons. The summed E-state index contributed by atoms with van der Waals surface area (Å²) in [5.41, 5.74) is 9.93. The number of hydrogen-bond donors (Lipinski definition) is 0. The van der Waals surface area contributed by atoms with Gasteiger partial charge in [-0.2, -0.15) is 9.59 Å². The largest absolute Gasteiger partial charge is 0.373 e. The molecular formula is C31H29NO2. The molecule has 0 fully saturated rings. The normalized spacial score (nSPS) is 9.94.